The first-order valence-electron chi connectivity index (χ1n) is 11.0. The summed E-state index contributed by atoms with van der Waals surface area (Å²) in [5.74, 6) is -0.313. The number of benzene rings is 1. The fraction of sp³-hybridized carbons (Fsp3) is 0.348. The number of nitrogens with one attached hydrogen (secondary N) is 2. The molecule has 1 aliphatic rings. The smallest absolute Gasteiger partial charge is 0.320 e. The molecule has 3 aromatic rings. The topological polar surface area (TPSA) is 133 Å². The summed E-state index contributed by atoms with van der Waals surface area (Å²) in [5, 5.41) is 22.3. The maximum atomic E-state index is 12.4. The third-order valence-corrected chi connectivity index (χ3v) is 5.52. The number of carboxylic acid groups (broad SMARTS) is 1. The highest BCUT2D eigenvalue weighted by atomic mass is 16.4. The molecular formula is C23H26N6O4. The molecule has 3 N–H and O–H groups in total. The largest absolute Gasteiger partial charge is 0.481 e. The second-order valence-corrected chi connectivity index (χ2v) is 8.00. The van der Waals surface area contributed by atoms with Gasteiger partial charge in [0.1, 0.15) is 5.82 Å². The Morgan fingerprint density at radius 3 is 2.45 bits per heavy atom. The van der Waals surface area contributed by atoms with Crippen LogP contribution in [-0.4, -0.2) is 45.3 Å². The monoisotopic (exact) mass is 450 g/mol. The molecule has 1 saturated heterocycles. The van der Waals surface area contributed by atoms with E-state index in [0.717, 1.165) is 50.3 Å². The van der Waals surface area contributed by atoms with Crippen LogP contribution in [0.2, 0.25) is 0 Å². The molecule has 10 nitrogen and oxygen atoms in total. The predicted octanol–water partition coefficient (Wildman–Crippen LogP) is 3.93. The van der Waals surface area contributed by atoms with Crippen LogP contribution in [0.1, 0.15) is 42.8 Å². The normalized spacial score (nSPS) is 14.8. The summed E-state index contributed by atoms with van der Waals surface area (Å²) in [4.78, 5) is 30.1. The van der Waals surface area contributed by atoms with Crippen molar-refractivity contribution in [2.75, 3.05) is 28.6 Å². The van der Waals surface area contributed by atoms with Gasteiger partial charge in [0.2, 0.25) is 0 Å². The van der Waals surface area contributed by atoms with E-state index >= 15 is 0 Å². The molecule has 1 fully saturated rings. The molecule has 10 heteroatoms. The number of amides is 1. The first kappa shape index (κ1) is 22.3. The molecule has 0 unspecified atom stereocenters. The zero-order valence-corrected chi connectivity index (χ0v) is 18.1. The van der Waals surface area contributed by atoms with E-state index in [2.05, 4.69) is 30.7 Å². The lowest BCUT2D eigenvalue weighted by Gasteiger charge is -2.28. The number of rotatable bonds is 7. The van der Waals surface area contributed by atoms with Gasteiger partial charge in [-0.3, -0.25) is 9.59 Å². The SMILES string of the molecule is O=C(O)CC1CCCN(c2ccc(NC(=O)c3nnc(Nc4ccccc4)o3)cn2)CCC1. The molecule has 33 heavy (non-hydrogen) atoms. The molecular weight excluding hydrogens is 424 g/mol. The lowest BCUT2D eigenvalue weighted by molar-refractivity contribution is -0.138. The summed E-state index contributed by atoms with van der Waals surface area (Å²) < 4.78 is 5.39. The number of carbonyl (C=O) groups is 2. The van der Waals surface area contributed by atoms with Crippen LogP contribution in [0.5, 0.6) is 0 Å². The molecule has 0 atom stereocenters. The second kappa shape index (κ2) is 10.6. The number of hydrogen-bond acceptors (Lipinski definition) is 8. The van der Waals surface area contributed by atoms with Gasteiger partial charge in [-0.15, -0.1) is 5.10 Å². The highest BCUT2D eigenvalue weighted by Crippen LogP contribution is 2.24. The third kappa shape index (κ3) is 6.28. The minimum absolute atomic E-state index is 0.127. The highest BCUT2D eigenvalue weighted by molar-refractivity contribution is 6.00. The Hall–Kier alpha value is -3.95. The predicted molar refractivity (Wildman–Crippen MR) is 123 cm³/mol. The number of carbonyl (C=O) groups excluding carboxylic acids is 1. The van der Waals surface area contributed by atoms with E-state index in [1.807, 2.05) is 36.4 Å². The summed E-state index contributed by atoms with van der Waals surface area (Å²) in [6, 6.07) is 13.1. The zero-order valence-electron chi connectivity index (χ0n) is 18.1. The maximum Gasteiger partial charge on any atom is 0.320 e. The van der Waals surface area contributed by atoms with Gasteiger partial charge in [0.25, 0.3) is 0 Å². The van der Waals surface area contributed by atoms with Gasteiger partial charge in [-0.2, -0.15) is 0 Å². The number of nitrogens with zero attached hydrogens (tertiary/aromatic N) is 4. The van der Waals surface area contributed by atoms with Crippen LogP contribution in [0.4, 0.5) is 23.2 Å². The van der Waals surface area contributed by atoms with Gasteiger partial charge in [0, 0.05) is 25.2 Å². The lowest BCUT2D eigenvalue weighted by Crippen LogP contribution is -2.29. The summed E-state index contributed by atoms with van der Waals surface area (Å²) in [6.07, 6.45) is 5.50. The Kier molecular flexibility index (Phi) is 7.13. The summed E-state index contributed by atoms with van der Waals surface area (Å²) in [7, 11) is 0. The number of anilines is 4. The zero-order chi connectivity index (χ0) is 23.0. The first-order valence-corrected chi connectivity index (χ1v) is 11.0. The molecule has 0 radical (unpaired) electrons. The highest BCUT2D eigenvalue weighted by Gasteiger charge is 2.19. The van der Waals surface area contributed by atoms with E-state index in [4.69, 9.17) is 9.52 Å². The van der Waals surface area contributed by atoms with Crippen molar-refractivity contribution in [1.82, 2.24) is 15.2 Å². The molecule has 1 aliphatic heterocycles. The summed E-state index contributed by atoms with van der Waals surface area (Å²) in [5.41, 5.74) is 1.29. The number of hydrogen-bond donors (Lipinski definition) is 3. The molecule has 172 valence electrons. The van der Waals surface area contributed by atoms with Gasteiger partial charge in [-0.25, -0.2) is 4.98 Å². The number of aliphatic carboxylic acids is 1. The Labute approximate surface area is 191 Å². The molecule has 0 aliphatic carbocycles. The van der Waals surface area contributed by atoms with Crippen molar-refractivity contribution in [2.24, 2.45) is 5.92 Å². The van der Waals surface area contributed by atoms with Crippen LogP contribution in [0.25, 0.3) is 0 Å². The van der Waals surface area contributed by atoms with E-state index in [-0.39, 0.29) is 24.2 Å². The average Bonchev–Trinajstić information content (AvgIpc) is 3.25. The fourth-order valence-electron chi connectivity index (χ4n) is 3.92. The van der Waals surface area contributed by atoms with Gasteiger partial charge < -0.3 is 25.1 Å². The first-order chi connectivity index (χ1) is 16.1. The number of para-hydroxylation sites is 1. The second-order valence-electron chi connectivity index (χ2n) is 8.00. The standard InChI is InChI=1S/C23H26N6O4/c30-20(31)14-16-6-4-12-29(13-5-7-16)19-11-10-18(15-24-19)25-21(32)22-27-28-23(33-22)26-17-8-2-1-3-9-17/h1-3,8-11,15-16H,4-7,12-14H2,(H,25,32)(H,26,28)(H,30,31). The van der Waals surface area contributed by atoms with Crippen molar-refractivity contribution in [1.29, 1.82) is 0 Å². The van der Waals surface area contributed by atoms with E-state index in [1.165, 1.54) is 0 Å². The van der Waals surface area contributed by atoms with Crippen molar-refractivity contribution in [3.05, 3.63) is 54.6 Å². The Bertz CT molecular complexity index is 1060. The van der Waals surface area contributed by atoms with Crippen LogP contribution in [0.15, 0.2) is 53.1 Å². The number of aromatic nitrogens is 3. The van der Waals surface area contributed by atoms with Crippen LogP contribution in [0, 0.1) is 5.92 Å². The maximum absolute atomic E-state index is 12.4. The Morgan fingerprint density at radius 1 is 1.03 bits per heavy atom. The van der Waals surface area contributed by atoms with Crippen molar-refractivity contribution in [3.63, 3.8) is 0 Å². The van der Waals surface area contributed by atoms with Crippen molar-refractivity contribution < 1.29 is 19.1 Å². The van der Waals surface area contributed by atoms with Gasteiger partial charge in [-0.1, -0.05) is 23.3 Å². The van der Waals surface area contributed by atoms with E-state index in [0.29, 0.717) is 5.69 Å². The van der Waals surface area contributed by atoms with Gasteiger partial charge >= 0.3 is 23.8 Å². The van der Waals surface area contributed by atoms with Crippen molar-refractivity contribution in [2.45, 2.75) is 32.1 Å². The molecule has 3 heterocycles. The van der Waals surface area contributed by atoms with Gasteiger partial charge in [0.15, 0.2) is 0 Å². The van der Waals surface area contributed by atoms with Gasteiger partial charge in [-0.05, 0) is 55.9 Å². The molecule has 0 saturated carbocycles. The molecule has 1 aromatic carbocycles. The van der Waals surface area contributed by atoms with Crippen LogP contribution < -0.4 is 15.5 Å². The van der Waals surface area contributed by atoms with Crippen LogP contribution >= 0.6 is 0 Å². The third-order valence-electron chi connectivity index (χ3n) is 5.52. The average molecular weight is 450 g/mol. The Balaban J connectivity index is 1.30. The van der Waals surface area contributed by atoms with Crippen molar-refractivity contribution in [3.8, 4) is 0 Å². The Morgan fingerprint density at radius 2 is 1.79 bits per heavy atom. The lowest BCUT2D eigenvalue weighted by atomic mass is 9.92. The van der Waals surface area contributed by atoms with Crippen molar-refractivity contribution >= 4 is 35.1 Å². The minimum Gasteiger partial charge on any atom is -0.481 e. The van der Waals surface area contributed by atoms with E-state index in [9.17, 15) is 9.59 Å². The fourth-order valence-corrected chi connectivity index (χ4v) is 3.92. The number of pyridine rings is 1. The van der Waals surface area contributed by atoms with E-state index in [1.54, 1.807) is 12.3 Å². The summed E-state index contributed by atoms with van der Waals surface area (Å²) >= 11 is 0. The molecule has 0 spiro atoms. The van der Waals surface area contributed by atoms with E-state index < -0.39 is 11.9 Å². The number of carboxylic acids is 1. The van der Waals surface area contributed by atoms with Crippen LogP contribution in [-0.2, 0) is 4.79 Å². The molecule has 4 rings (SSSR count). The van der Waals surface area contributed by atoms with Gasteiger partial charge in [0.05, 0.1) is 11.9 Å². The molecule has 2 aromatic heterocycles. The summed E-state index contributed by atoms with van der Waals surface area (Å²) in [6.45, 7) is 1.65. The quantitative estimate of drug-likeness (QED) is 0.489. The molecule has 0 bridgehead atoms. The molecule has 1 amide bonds. The minimum atomic E-state index is -0.721. The van der Waals surface area contributed by atoms with Crippen LogP contribution in [0.3, 0.4) is 0 Å².